The first-order chi connectivity index (χ1) is 9.92. The van der Waals surface area contributed by atoms with Gasteiger partial charge in [0.05, 0.1) is 11.6 Å². The number of ketones is 1. The summed E-state index contributed by atoms with van der Waals surface area (Å²) in [6.45, 7) is 1.38. The van der Waals surface area contributed by atoms with Gasteiger partial charge in [0.2, 0.25) is 0 Å². The molecule has 21 heavy (non-hydrogen) atoms. The Balaban J connectivity index is 2.35. The van der Waals surface area contributed by atoms with E-state index in [4.69, 9.17) is 9.44 Å². The van der Waals surface area contributed by atoms with Gasteiger partial charge in [0.1, 0.15) is 10.6 Å². The third-order valence-corrected chi connectivity index (χ3v) is 3.94. The van der Waals surface area contributed by atoms with Gasteiger partial charge in [-0.2, -0.15) is 13.7 Å². The Kier molecular flexibility index (Phi) is 4.05. The van der Waals surface area contributed by atoms with Crippen LogP contribution in [0.4, 0.5) is 0 Å². The van der Waals surface area contributed by atoms with E-state index in [9.17, 15) is 13.2 Å². The van der Waals surface area contributed by atoms with E-state index < -0.39 is 10.1 Å². The topological polar surface area (TPSA) is 84.2 Å². The van der Waals surface area contributed by atoms with Gasteiger partial charge in [-0.05, 0) is 37.3 Å². The van der Waals surface area contributed by atoms with E-state index in [1.54, 1.807) is 6.07 Å². The first-order valence-electron chi connectivity index (χ1n) is 5.98. The molecule has 0 saturated heterocycles. The lowest BCUT2D eigenvalue weighted by molar-refractivity contribution is 0.101. The van der Waals surface area contributed by atoms with Crippen molar-refractivity contribution in [2.75, 3.05) is 0 Å². The Bertz CT molecular complexity index is 835. The number of carbonyl (C=O) groups excluding carboxylic acids is 1. The molecule has 0 saturated carbocycles. The molecular weight excluding hydrogens is 290 g/mol. The second kappa shape index (κ2) is 5.77. The number of rotatable bonds is 4. The van der Waals surface area contributed by atoms with Crippen molar-refractivity contribution < 1.29 is 17.4 Å². The molecule has 0 unspecified atom stereocenters. The lowest BCUT2D eigenvalue weighted by Gasteiger charge is -2.08. The van der Waals surface area contributed by atoms with Crippen molar-refractivity contribution in [3.05, 3.63) is 59.7 Å². The average Bonchev–Trinajstić information content (AvgIpc) is 2.47. The SMILES string of the molecule is CC(=O)c1cccc(OS(=O)(=O)c2cccc(C#N)c2)c1. The Morgan fingerprint density at radius 1 is 1.14 bits per heavy atom. The average molecular weight is 301 g/mol. The van der Waals surface area contributed by atoms with Crippen LogP contribution in [0.15, 0.2) is 53.4 Å². The Morgan fingerprint density at radius 3 is 2.52 bits per heavy atom. The van der Waals surface area contributed by atoms with Crippen molar-refractivity contribution >= 4 is 15.9 Å². The van der Waals surface area contributed by atoms with E-state index in [0.29, 0.717) is 5.56 Å². The number of benzene rings is 2. The molecule has 0 fully saturated rings. The van der Waals surface area contributed by atoms with E-state index in [1.165, 1.54) is 49.4 Å². The molecule has 0 aliphatic rings. The zero-order valence-electron chi connectivity index (χ0n) is 11.1. The molecule has 0 aliphatic carbocycles. The summed E-state index contributed by atoms with van der Waals surface area (Å²) in [5.41, 5.74) is 0.575. The van der Waals surface area contributed by atoms with Crippen molar-refractivity contribution in [1.82, 2.24) is 0 Å². The fourth-order valence-corrected chi connectivity index (χ4v) is 2.63. The molecule has 0 amide bonds. The Hall–Kier alpha value is -2.65. The van der Waals surface area contributed by atoms with Crippen LogP contribution >= 0.6 is 0 Å². The summed E-state index contributed by atoms with van der Waals surface area (Å²) in [5, 5.41) is 8.79. The van der Waals surface area contributed by atoms with Gasteiger partial charge in [-0.15, -0.1) is 0 Å². The molecule has 0 N–H and O–H groups in total. The highest BCUT2D eigenvalue weighted by molar-refractivity contribution is 7.87. The van der Waals surface area contributed by atoms with Crippen LogP contribution in [0.1, 0.15) is 22.8 Å². The number of nitrogens with zero attached hydrogens (tertiary/aromatic N) is 1. The van der Waals surface area contributed by atoms with Gasteiger partial charge in [-0.3, -0.25) is 4.79 Å². The van der Waals surface area contributed by atoms with Crippen molar-refractivity contribution in [2.45, 2.75) is 11.8 Å². The molecule has 2 rings (SSSR count). The number of hydrogen-bond donors (Lipinski definition) is 0. The standard InChI is InChI=1S/C15H11NO4S/c1-11(17)13-5-3-6-14(9-13)20-21(18,19)15-7-2-4-12(8-15)10-16/h2-9H,1H3. The summed E-state index contributed by atoms with van der Waals surface area (Å²) in [5.74, 6) is -0.144. The molecule has 2 aromatic rings. The van der Waals surface area contributed by atoms with Crippen molar-refractivity contribution in [3.63, 3.8) is 0 Å². The zero-order valence-corrected chi connectivity index (χ0v) is 11.9. The third-order valence-electron chi connectivity index (χ3n) is 2.70. The lowest BCUT2D eigenvalue weighted by Crippen LogP contribution is -2.10. The van der Waals surface area contributed by atoms with Crippen LogP contribution in [0.3, 0.4) is 0 Å². The number of nitriles is 1. The zero-order chi connectivity index (χ0) is 15.5. The molecule has 0 radical (unpaired) electrons. The summed E-state index contributed by atoms with van der Waals surface area (Å²) < 4.78 is 29.3. The van der Waals surface area contributed by atoms with Gasteiger partial charge in [-0.1, -0.05) is 18.2 Å². The Labute approximate surface area is 122 Å². The highest BCUT2D eigenvalue weighted by Gasteiger charge is 2.17. The minimum atomic E-state index is -4.05. The number of Topliss-reactive ketones (excluding diaryl/α,β-unsaturated/α-hetero) is 1. The maximum atomic E-state index is 12.1. The van der Waals surface area contributed by atoms with Gasteiger partial charge in [0, 0.05) is 5.56 Å². The lowest BCUT2D eigenvalue weighted by atomic mass is 10.1. The predicted molar refractivity (Wildman–Crippen MR) is 75.4 cm³/mol. The molecule has 0 aliphatic heterocycles. The van der Waals surface area contributed by atoms with Crippen molar-refractivity contribution in [1.29, 1.82) is 5.26 Å². The van der Waals surface area contributed by atoms with Gasteiger partial charge in [0.15, 0.2) is 5.78 Å². The molecular formula is C15H11NO4S. The van der Waals surface area contributed by atoms with E-state index in [-0.39, 0.29) is 22.0 Å². The minimum absolute atomic E-state index is 0.0464. The number of carbonyl (C=O) groups is 1. The maximum absolute atomic E-state index is 12.1. The second-order valence-corrected chi connectivity index (χ2v) is 5.81. The van der Waals surface area contributed by atoms with Crippen molar-refractivity contribution in [2.24, 2.45) is 0 Å². The van der Waals surface area contributed by atoms with E-state index >= 15 is 0 Å². The normalized spacial score (nSPS) is 10.7. The molecule has 0 aromatic heterocycles. The smallest absolute Gasteiger partial charge is 0.339 e. The summed E-state index contributed by atoms with van der Waals surface area (Å²) >= 11 is 0. The highest BCUT2D eigenvalue weighted by atomic mass is 32.2. The van der Waals surface area contributed by atoms with Crippen LogP contribution in [-0.4, -0.2) is 14.2 Å². The summed E-state index contributed by atoms with van der Waals surface area (Å²) in [6, 6.07) is 13.3. The Morgan fingerprint density at radius 2 is 1.86 bits per heavy atom. The molecule has 106 valence electrons. The molecule has 5 nitrogen and oxygen atoms in total. The highest BCUT2D eigenvalue weighted by Crippen LogP contribution is 2.20. The first-order valence-corrected chi connectivity index (χ1v) is 7.39. The van der Waals surface area contributed by atoms with Crippen LogP contribution in [0.5, 0.6) is 5.75 Å². The van der Waals surface area contributed by atoms with Gasteiger partial charge in [-0.25, -0.2) is 0 Å². The van der Waals surface area contributed by atoms with Gasteiger partial charge >= 0.3 is 10.1 Å². The predicted octanol–water partition coefficient (Wildman–Crippen LogP) is 2.53. The monoisotopic (exact) mass is 301 g/mol. The van der Waals surface area contributed by atoms with Crippen LogP contribution in [0.25, 0.3) is 0 Å². The number of hydrogen-bond acceptors (Lipinski definition) is 5. The van der Waals surface area contributed by atoms with Gasteiger partial charge < -0.3 is 4.18 Å². The van der Waals surface area contributed by atoms with E-state index in [0.717, 1.165) is 0 Å². The molecule has 0 spiro atoms. The molecule has 0 atom stereocenters. The second-order valence-electron chi connectivity index (χ2n) is 4.26. The third kappa shape index (κ3) is 3.46. The minimum Gasteiger partial charge on any atom is -0.379 e. The van der Waals surface area contributed by atoms with Crippen LogP contribution in [-0.2, 0) is 10.1 Å². The van der Waals surface area contributed by atoms with E-state index in [2.05, 4.69) is 0 Å². The van der Waals surface area contributed by atoms with Crippen LogP contribution in [0.2, 0.25) is 0 Å². The van der Waals surface area contributed by atoms with Crippen LogP contribution in [0, 0.1) is 11.3 Å². The largest absolute Gasteiger partial charge is 0.379 e. The molecule has 6 heteroatoms. The fraction of sp³-hybridized carbons (Fsp3) is 0.0667. The summed E-state index contributed by atoms with van der Waals surface area (Å²) in [7, 11) is -4.05. The first kappa shape index (κ1) is 14.8. The fourth-order valence-electron chi connectivity index (χ4n) is 1.66. The molecule has 2 aromatic carbocycles. The molecule has 0 heterocycles. The van der Waals surface area contributed by atoms with Crippen LogP contribution < -0.4 is 4.18 Å². The quantitative estimate of drug-likeness (QED) is 0.640. The van der Waals surface area contributed by atoms with Crippen molar-refractivity contribution in [3.8, 4) is 11.8 Å². The molecule has 0 bridgehead atoms. The van der Waals surface area contributed by atoms with E-state index in [1.807, 2.05) is 6.07 Å². The maximum Gasteiger partial charge on any atom is 0.339 e. The summed E-state index contributed by atoms with van der Waals surface area (Å²) in [4.78, 5) is 11.2. The van der Waals surface area contributed by atoms with Gasteiger partial charge in [0.25, 0.3) is 0 Å². The summed E-state index contributed by atoms with van der Waals surface area (Å²) in [6.07, 6.45) is 0.